The van der Waals surface area contributed by atoms with Gasteiger partial charge in [-0.05, 0) is 100 Å². The average molecular weight is 647 g/mol. The maximum atomic E-state index is 13.6. The quantitative estimate of drug-likeness (QED) is 0.0798. The van der Waals surface area contributed by atoms with Gasteiger partial charge in [-0.25, -0.2) is 0 Å². The van der Waals surface area contributed by atoms with Gasteiger partial charge in [-0.1, -0.05) is 53.6 Å². The lowest BCUT2D eigenvalue weighted by Crippen LogP contribution is -2.11. The highest BCUT2D eigenvalue weighted by atomic mass is 19.4. The third-order valence-electron chi connectivity index (χ3n) is 8.59. The first-order chi connectivity index (χ1) is 22.8. The summed E-state index contributed by atoms with van der Waals surface area (Å²) in [6.45, 7) is 11.6. The molecular weight excluding hydrogens is 626 g/mol. The van der Waals surface area contributed by atoms with Crippen LogP contribution in [0.4, 0.5) is 26.3 Å². The van der Waals surface area contributed by atoms with E-state index in [0.29, 0.717) is 44.4 Å². The van der Waals surface area contributed by atoms with Crippen molar-refractivity contribution in [2.75, 3.05) is 0 Å². The van der Waals surface area contributed by atoms with Crippen LogP contribution < -0.4 is 10.7 Å². The molecular formula is C38H20F6N4. The molecule has 234 valence electrons. The molecule has 7 aromatic carbocycles. The van der Waals surface area contributed by atoms with Gasteiger partial charge in [0.15, 0.2) is 5.36 Å². The Labute approximate surface area is 268 Å². The first-order valence-electron chi connectivity index (χ1n) is 14.5. The molecule has 4 nitrogen and oxygen atoms in total. The van der Waals surface area contributed by atoms with Crippen LogP contribution in [0.15, 0.2) is 95.0 Å². The van der Waals surface area contributed by atoms with E-state index in [0.717, 1.165) is 38.4 Å². The summed E-state index contributed by atoms with van der Waals surface area (Å²) in [5, 5.41) is 19.7. The fourth-order valence-electron chi connectivity index (χ4n) is 6.63. The molecule has 7 aromatic rings. The zero-order valence-corrected chi connectivity index (χ0v) is 25.1. The molecule has 0 aliphatic heterocycles. The van der Waals surface area contributed by atoms with Gasteiger partial charge in [0.05, 0.1) is 21.6 Å². The van der Waals surface area contributed by atoms with E-state index in [1.165, 1.54) is 12.1 Å². The molecule has 48 heavy (non-hydrogen) atoms. The molecule has 0 saturated carbocycles. The molecule has 0 amide bonds. The Bertz CT molecular complexity index is 2640. The maximum Gasteiger partial charge on any atom is 0.416 e. The molecule has 0 N–H and O–H groups in total. The van der Waals surface area contributed by atoms with Crippen LogP contribution in [0.5, 0.6) is 0 Å². The second-order valence-electron chi connectivity index (χ2n) is 11.7. The van der Waals surface area contributed by atoms with Crippen LogP contribution in [0.2, 0.25) is 0 Å². The van der Waals surface area contributed by atoms with E-state index in [1.807, 2.05) is 44.2 Å². The van der Waals surface area contributed by atoms with E-state index in [2.05, 4.69) is 33.2 Å². The summed E-state index contributed by atoms with van der Waals surface area (Å²) in [5.41, 5.74) is 1.15. The minimum absolute atomic E-state index is 0.0851. The summed E-state index contributed by atoms with van der Waals surface area (Å²) in [6.07, 6.45) is -8.22. The van der Waals surface area contributed by atoms with E-state index in [1.54, 1.807) is 12.3 Å². The summed E-state index contributed by atoms with van der Waals surface area (Å²) in [4.78, 5) is 7.38. The Morgan fingerprint density at radius 1 is 0.542 bits per heavy atom. The summed E-state index contributed by atoms with van der Waals surface area (Å²) in [7, 11) is 0. The van der Waals surface area contributed by atoms with Crippen LogP contribution in [0.1, 0.15) is 22.3 Å². The highest BCUT2D eigenvalue weighted by Gasteiger charge is 2.37. The number of rotatable bonds is 2. The molecule has 0 unspecified atom stereocenters. The molecule has 0 fully saturated rings. The molecule has 0 heterocycles. The van der Waals surface area contributed by atoms with Crippen molar-refractivity contribution in [1.82, 2.24) is 0 Å². The van der Waals surface area contributed by atoms with Gasteiger partial charge in [0, 0.05) is 21.5 Å². The van der Waals surface area contributed by atoms with Gasteiger partial charge in [-0.2, -0.15) is 43.2 Å². The molecule has 10 heteroatoms. The van der Waals surface area contributed by atoms with Crippen molar-refractivity contribution in [1.29, 1.82) is 5.26 Å². The number of halogens is 6. The van der Waals surface area contributed by atoms with Crippen molar-refractivity contribution in [2.45, 2.75) is 26.2 Å². The van der Waals surface area contributed by atoms with E-state index in [-0.39, 0.29) is 22.6 Å². The SMILES string of the molecule is [C-]#[N+]/N=c1/c2cc(-c3cc(C)cc(C)c3)ccc2c2cc3c(=NC#N)c4cc(-c5cc(C(F)(F)F)cc(C(F)(F)F)c5)ccc4c3cc12. The lowest BCUT2D eigenvalue weighted by molar-refractivity contribution is -0.143. The van der Waals surface area contributed by atoms with E-state index < -0.39 is 23.5 Å². The third-order valence-corrected chi connectivity index (χ3v) is 8.59. The maximum absolute atomic E-state index is 13.6. The third kappa shape index (κ3) is 5.03. The average Bonchev–Trinajstić information content (AvgIpc) is 3.49. The normalized spacial score (nSPS) is 13.2. The summed E-state index contributed by atoms with van der Waals surface area (Å²) in [6, 6.07) is 21.8. The van der Waals surface area contributed by atoms with Crippen molar-refractivity contribution >= 4 is 43.1 Å². The van der Waals surface area contributed by atoms with Crippen molar-refractivity contribution < 1.29 is 26.3 Å². The van der Waals surface area contributed by atoms with Crippen molar-refractivity contribution in [2.24, 2.45) is 10.1 Å². The minimum atomic E-state index is -5.00. The Balaban J connectivity index is 1.50. The van der Waals surface area contributed by atoms with Crippen molar-refractivity contribution in [3.63, 3.8) is 0 Å². The molecule has 0 aliphatic rings. The van der Waals surface area contributed by atoms with Crippen molar-refractivity contribution in [3.05, 3.63) is 129 Å². The van der Waals surface area contributed by atoms with Gasteiger partial charge < -0.3 is 0 Å². The van der Waals surface area contributed by atoms with Crippen LogP contribution in [-0.2, 0) is 12.4 Å². The second-order valence-corrected chi connectivity index (χ2v) is 11.7. The van der Waals surface area contributed by atoms with Gasteiger partial charge in [-0.15, -0.1) is 4.95 Å². The number of alkyl halides is 6. The predicted molar refractivity (Wildman–Crippen MR) is 173 cm³/mol. The number of hydrogen-bond acceptors (Lipinski definition) is 3. The zero-order chi connectivity index (χ0) is 34.1. The van der Waals surface area contributed by atoms with Gasteiger partial charge in [0.1, 0.15) is 0 Å². The topological polar surface area (TPSA) is 52.9 Å². The molecule has 0 bridgehead atoms. The summed E-state index contributed by atoms with van der Waals surface area (Å²) in [5.74, 6) is 0. The lowest BCUT2D eigenvalue weighted by atomic mass is 9.97. The summed E-state index contributed by atoms with van der Waals surface area (Å²) < 4.78 is 81.7. The molecule has 7 rings (SSSR count). The first kappa shape index (κ1) is 30.6. The van der Waals surface area contributed by atoms with Gasteiger partial charge in [-0.3, -0.25) is 0 Å². The van der Waals surface area contributed by atoms with Crippen molar-refractivity contribution in [3.8, 4) is 28.4 Å². The first-order valence-corrected chi connectivity index (χ1v) is 14.5. The minimum Gasteiger partial charge on any atom is -0.181 e. The molecule has 0 radical (unpaired) electrons. The van der Waals surface area contributed by atoms with Crippen LogP contribution in [0.25, 0.3) is 70.3 Å². The highest BCUT2D eigenvalue weighted by molar-refractivity contribution is 6.21. The van der Waals surface area contributed by atoms with Crippen LogP contribution in [0.3, 0.4) is 0 Å². The summed E-state index contributed by atoms with van der Waals surface area (Å²) >= 11 is 0. The lowest BCUT2D eigenvalue weighted by Gasteiger charge is -2.14. The smallest absolute Gasteiger partial charge is 0.181 e. The van der Waals surface area contributed by atoms with E-state index >= 15 is 0 Å². The Kier molecular flexibility index (Phi) is 6.88. The Morgan fingerprint density at radius 3 is 1.48 bits per heavy atom. The number of nitriles is 1. The van der Waals surface area contributed by atoms with Crippen LogP contribution in [0, 0.1) is 31.9 Å². The van der Waals surface area contributed by atoms with Crippen LogP contribution >= 0.6 is 0 Å². The number of fused-ring (bicyclic) bond motifs is 6. The molecule has 0 spiro atoms. The Hall–Kier alpha value is -6.00. The second kappa shape index (κ2) is 10.8. The van der Waals surface area contributed by atoms with E-state index in [9.17, 15) is 31.6 Å². The Morgan fingerprint density at radius 2 is 1.00 bits per heavy atom. The monoisotopic (exact) mass is 646 g/mol. The van der Waals surface area contributed by atoms with Crippen LogP contribution in [-0.4, -0.2) is 0 Å². The predicted octanol–water partition coefficient (Wildman–Crippen LogP) is 10.3. The standard InChI is InChI=1S/C38H20F6N4/c1-19-8-20(2)10-23(9-19)21-4-7-28-30-16-33-29(17-34(30)36(48-46-3)32(28)14-21)27-6-5-22(13-31(27)35(33)47-18-45)24-11-25(37(39,40)41)15-26(12-24)38(42,43)44/h4-17H,1-2H3/b47-35?,48-36-. The molecule has 0 aliphatic carbocycles. The fourth-order valence-corrected chi connectivity index (χ4v) is 6.63. The fraction of sp³-hybridized carbons (Fsp3) is 0.105. The number of aryl methyl sites for hydroxylation is 2. The molecule has 0 saturated heterocycles. The van der Waals surface area contributed by atoms with Gasteiger partial charge in [0.25, 0.3) is 0 Å². The molecule has 0 atom stereocenters. The number of benzene rings is 5. The highest BCUT2D eigenvalue weighted by Crippen LogP contribution is 2.40. The van der Waals surface area contributed by atoms with E-state index in [4.69, 9.17) is 6.57 Å². The largest absolute Gasteiger partial charge is 0.416 e. The number of nitrogens with zero attached hydrogens (tertiary/aromatic N) is 4. The molecule has 0 aromatic heterocycles. The number of hydrogen-bond donors (Lipinski definition) is 0. The van der Waals surface area contributed by atoms with Gasteiger partial charge in [0.2, 0.25) is 6.19 Å². The zero-order valence-electron chi connectivity index (χ0n) is 25.1. The van der Waals surface area contributed by atoms with Gasteiger partial charge >= 0.3 is 12.4 Å².